The second kappa shape index (κ2) is 8.07. The van der Waals surface area contributed by atoms with Crippen LogP contribution in [0.15, 0.2) is 47.8 Å². The summed E-state index contributed by atoms with van der Waals surface area (Å²) in [5.41, 5.74) is 2.44. The first-order chi connectivity index (χ1) is 10.7. The zero-order valence-electron chi connectivity index (χ0n) is 12.0. The Morgan fingerprint density at radius 1 is 1.17 bits per heavy atom. The van der Waals surface area contributed by atoms with Crippen molar-refractivity contribution < 1.29 is 9.13 Å². The van der Waals surface area contributed by atoms with E-state index < -0.39 is 0 Å². The molecule has 0 aliphatic rings. The number of methoxy groups -OCH3 is 1. The lowest BCUT2D eigenvalue weighted by atomic mass is 10.1. The standard InChI is InChI=1S/C16H12FIN2OS.BrH/c1-21-15-7-2-10(8-13(15)17)14-9-22-16(20-14)19-12-5-3-11(18)4-6-12;/h2-9H,1H3,(H,19,20);1H. The number of halogens is 3. The second-order valence-corrected chi connectivity index (χ2v) is 6.62. The topological polar surface area (TPSA) is 34.1 Å². The summed E-state index contributed by atoms with van der Waals surface area (Å²) in [7, 11) is 1.45. The Morgan fingerprint density at radius 2 is 1.91 bits per heavy atom. The maximum atomic E-state index is 13.8. The van der Waals surface area contributed by atoms with Gasteiger partial charge in [-0.15, -0.1) is 28.3 Å². The molecular weight excluding hydrogens is 494 g/mol. The van der Waals surface area contributed by atoms with E-state index in [1.807, 2.05) is 29.6 Å². The second-order valence-electron chi connectivity index (χ2n) is 4.52. The predicted octanol–water partition coefficient (Wildman–Crippen LogP) is 5.88. The van der Waals surface area contributed by atoms with Gasteiger partial charge < -0.3 is 10.1 Å². The molecule has 0 bridgehead atoms. The molecule has 7 heteroatoms. The third kappa shape index (κ3) is 4.42. The van der Waals surface area contributed by atoms with Gasteiger partial charge in [-0.3, -0.25) is 0 Å². The first-order valence-corrected chi connectivity index (χ1v) is 8.43. The van der Waals surface area contributed by atoms with Crippen molar-refractivity contribution in [2.75, 3.05) is 12.4 Å². The number of anilines is 2. The Bertz CT molecular complexity index is 795. The van der Waals surface area contributed by atoms with Gasteiger partial charge in [0.05, 0.1) is 12.8 Å². The molecular formula is C16H13BrFIN2OS. The van der Waals surface area contributed by atoms with E-state index in [4.69, 9.17) is 4.74 Å². The molecule has 0 atom stereocenters. The van der Waals surface area contributed by atoms with Gasteiger partial charge in [0.25, 0.3) is 0 Å². The molecule has 3 aromatic rings. The lowest BCUT2D eigenvalue weighted by molar-refractivity contribution is 0.386. The average molecular weight is 507 g/mol. The molecule has 1 heterocycles. The van der Waals surface area contributed by atoms with Crippen LogP contribution in [-0.2, 0) is 0 Å². The fourth-order valence-corrected chi connectivity index (χ4v) is 3.05. The highest BCUT2D eigenvalue weighted by molar-refractivity contribution is 14.1. The molecule has 0 saturated carbocycles. The molecule has 0 spiro atoms. The summed E-state index contributed by atoms with van der Waals surface area (Å²) >= 11 is 3.74. The lowest BCUT2D eigenvalue weighted by Crippen LogP contribution is -1.90. The van der Waals surface area contributed by atoms with Gasteiger partial charge in [-0.1, -0.05) is 0 Å². The summed E-state index contributed by atoms with van der Waals surface area (Å²) in [4.78, 5) is 4.49. The number of aromatic nitrogens is 1. The molecule has 23 heavy (non-hydrogen) atoms. The lowest BCUT2D eigenvalue weighted by Gasteiger charge is -2.03. The summed E-state index contributed by atoms with van der Waals surface area (Å²) in [6, 6.07) is 12.9. The number of nitrogens with zero attached hydrogens (tertiary/aromatic N) is 1. The Hall–Kier alpha value is -1.19. The van der Waals surface area contributed by atoms with Gasteiger partial charge in [-0.2, -0.15) is 0 Å². The van der Waals surface area contributed by atoms with E-state index in [-0.39, 0.29) is 28.5 Å². The minimum Gasteiger partial charge on any atom is -0.494 e. The van der Waals surface area contributed by atoms with Crippen molar-refractivity contribution in [1.29, 1.82) is 0 Å². The number of thiazole rings is 1. The summed E-state index contributed by atoms with van der Waals surface area (Å²) in [6.45, 7) is 0. The number of hydrogen-bond acceptors (Lipinski definition) is 4. The van der Waals surface area contributed by atoms with Crippen LogP contribution in [-0.4, -0.2) is 12.1 Å². The number of benzene rings is 2. The molecule has 0 amide bonds. The SMILES string of the molecule is Br.COc1ccc(-c2csc(Nc3ccc(I)cc3)n2)cc1F. The maximum Gasteiger partial charge on any atom is 0.187 e. The summed E-state index contributed by atoms with van der Waals surface area (Å²) in [6.07, 6.45) is 0. The van der Waals surface area contributed by atoms with Crippen LogP contribution >= 0.6 is 50.9 Å². The molecule has 3 nitrogen and oxygen atoms in total. The highest BCUT2D eigenvalue weighted by Gasteiger charge is 2.09. The zero-order valence-corrected chi connectivity index (χ0v) is 16.7. The molecule has 0 saturated heterocycles. The van der Waals surface area contributed by atoms with Gasteiger partial charge in [0.1, 0.15) is 0 Å². The molecule has 0 aliphatic heterocycles. The highest BCUT2D eigenvalue weighted by atomic mass is 127. The molecule has 1 N–H and O–H groups in total. The Balaban J connectivity index is 0.00000192. The summed E-state index contributed by atoms with van der Waals surface area (Å²) in [5, 5.41) is 5.91. The van der Waals surface area contributed by atoms with Crippen LogP contribution in [0.2, 0.25) is 0 Å². The van der Waals surface area contributed by atoms with E-state index in [1.165, 1.54) is 28.1 Å². The normalized spacial score (nSPS) is 10.0. The third-order valence-electron chi connectivity index (χ3n) is 3.05. The van der Waals surface area contributed by atoms with Crippen LogP contribution < -0.4 is 10.1 Å². The number of rotatable bonds is 4. The Morgan fingerprint density at radius 3 is 2.57 bits per heavy atom. The minimum absolute atomic E-state index is 0. The zero-order chi connectivity index (χ0) is 15.5. The van der Waals surface area contributed by atoms with Crippen molar-refractivity contribution in [2.24, 2.45) is 0 Å². The van der Waals surface area contributed by atoms with Crippen molar-refractivity contribution in [2.45, 2.75) is 0 Å². The van der Waals surface area contributed by atoms with Gasteiger partial charge in [0, 0.05) is 20.2 Å². The molecule has 3 rings (SSSR count). The fourth-order valence-electron chi connectivity index (χ4n) is 1.95. The molecule has 0 radical (unpaired) electrons. The van der Waals surface area contributed by atoms with Gasteiger partial charge in [0.15, 0.2) is 16.7 Å². The van der Waals surface area contributed by atoms with Crippen LogP contribution in [0.1, 0.15) is 0 Å². The van der Waals surface area contributed by atoms with Crippen molar-refractivity contribution in [3.8, 4) is 17.0 Å². The van der Waals surface area contributed by atoms with E-state index in [0.717, 1.165) is 22.1 Å². The largest absolute Gasteiger partial charge is 0.494 e. The Kier molecular flexibility index (Phi) is 6.37. The number of ether oxygens (including phenoxy) is 1. The van der Waals surface area contributed by atoms with Crippen molar-refractivity contribution in [3.05, 3.63) is 57.2 Å². The number of hydrogen-bond donors (Lipinski definition) is 1. The molecule has 2 aromatic carbocycles. The van der Waals surface area contributed by atoms with E-state index in [1.54, 1.807) is 12.1 Å². The van der Waals surface area contributed by atoms with Gasteiger partial charge in [-0.05, 0) is 65.1 Å². The van der Waals surface area contributed by atoms with E-state index in [2.05, 4.69) is 32.9 Å². The third-order valence-corrected chi connectivity index (χ3v) is 4.52. The summed E-state index contributed by atoms with van der Waals surface area (Å²) in [5.74, 6) is -0.156. The molecule has 0 fully saturated rings. The molecule has 0 unspecified atom stereocenters. The van der Waals surface area contributed by atoms with Crippen LogP contribution in [0, 0.1) is 9.39 Å². The van der Waals surface area contributed by atoms with Crippen molar-refractivity contribution >= 4 is 61.7 Å². The van der Waals surface area contributed by atoms with Crippen molar-refractivity contribution in [3.63, 3.8) is 0 Å². The highest BCUT2D eigenvalue weighted by Crippen LogP contribution is 2.29. The Labute approximate surface area is 161 Å². The molecule has 120 valence electrons. The van der Waals surface area contributed by atoms with Crippen molar-refractivity contribution in [1.82, 2.24) is 4.98 Å². The number of nitrogens with one attached hydrogen (secondary N) is 1. The van der Waals surface area contributed by atoms with Crippen LogP contribution in [0.3, 0.4) is 0 Å². The van der Waals surface area contributed by atoms with Crippen LogP contribution in [0.4, 0.5) is 15.2 Å². The minimum atomic E-state index is -0.389. The van der Waals surface area contributed by atoms with E-state index in [9.17, 15) is 4.39 Å². The van der Waals surface area contributed by atoms with Crippen LogP contribution in [0.25, 0.3) is 11.3 Å². The monoisotopic (exact) mass is 506 g/mol. The summed E-state index contributed by atoms with van der Waals surface area (Å²) < 4.78 is 19.9. The fraction of sp³-hybridized carbons (Fsp3) is 0.0625. The maximum absolute atomic E-state index is 13.8. The smallest absolute Gasteiger partial charge is 0.187 e. The first kappa shape index (κ1) is 18.2. The van der Waals surface area contributed by atoms with E-state index >= 15 is 0 Å². The van der Waals surface area contributed by atoms with Gasteiger partial charge in [0.2, 0.25) is 0 Å². The predicted molar refractivity (Wildman–Crippen MR) is 107 cm³/mol. The quantitative estimate of drug-likeness (QED) is 0.448. The molecule has 1 aromatic heterocycles. The van der Waals surface area contributed by atoms with Gasteiger partial charge >= 0.3 is 0 Å². The van der Waals surface area contributed by atoms with Crippen LogP contribution in [0.5, 0.6) is 5.75 Å². The first-order valence-electron chi connectivity index (χ1n) is 6.48. The van der Waals surface area contributed by atoms with Gasteiger partial charge in [-0.25, -0.2) is 9.37 Å². The molecule has 0 aliphatic carbocycles. The van der Waals surface area contributed by atoms with E-state index in [0.29, 0.717) is 0 Å². The average Bonchev–Trinajstić information content (AvgIpc) is 2.98.